The van der Waals surface area contributed by atoms with Crippen LogP contribution in [0.1, 0.15) is 36.8 Å². The van der Waals surface area contributed by atoms with Gasteiger partial charge in [-0.15, -0.1) is 0 Å². The summed E-state index contributed by atoms with van der Waals surface area (Å²) in [4.78, 5) is 10.8. The minimum atomic E-state index is -4.40. The molecule has 3 atom stereocenters. The highest BCUT2D eigenvalue weighted by Gasteiger charge is 2.44. The van der Waals surface area contributed by atoms with Crippen molar-refractivity contribution in [1.82, 2.24) is 0 Å². The van der Waals surface area contributed by atoms with E-state index in [1.54, 1.807) is 6.92 Å². The van der Waals surface area contributed by atoms with Gasteiger partial charge in [-0.25, -0.2) is 0 Å². The van der Waals surface area contributed by atoms with Crippen LogP contribution >= 0.6 is 0 Å². The highest BCUT2D eigenvalue weighted by atomic mass is 19.4. The number of hydrogen-bond acceptors (Lipinski definition) is 2. The number of halogens is 3. The molecule has 0 aromatic heterocycles. The lowest BCUT2D eigenvalue weighted by molar-refractivity contribution is -0.139. The first-order chi connectivity index (χ1) is 9.74. The second kappa shape index (κ2) is 5.58. The van der Waals surface area contributed by atoms with E-state index < -0.39 is 17.7 Å². The zero-order chi connectivity index (χ0) is 15.8. The molecule has 0 bridgehead atoms. The van der Waals surface area contributed by atoms with Crippen molar-refractivity contribution in [1.29, 1.82) is 0 Å². The number of carboxylic acids is 1. The fraction of sp³-hybridized carbons (Fsp3) is 0.533. The van der Waals surface area contributed by atoms with E-state index in [1.165, 1.54) is 13.2 Å². The molecule has 3 nitrogen and oxygen atoms in total. The molecule has 3 unspecified atom stereocenters. The summed E-state index contributed by atoms with van der Waals surface area (Å²) in [5, 5.41) is 8.89. The Morgan fingerprint density at radius 1 is 1.48 bits per heavy atom. The lowest BCUT2D eigenvalue weighted by Crippen LogP contribution is -2.08. The maximum Gasteiger partial charge on any atom is 0.416 e. The van der Waals surface area contributed by atoms with Crippen LogP contribution in [0.4, 0.5) is 13.2 Å². The Balaban J connectivity index is 2.19. The van der Waals surface area contributed by atoms with Crippen LogP contribution in [0, 0.1) is 11.8 Å². The number of ether oxygens (including phenoxy) is 1. The van der Waals surface area contributed by atoms with Gasteiger partial charge in [0.2, 0.25) is 0 Å². The second-order valence-electron chi connectivity index (χ2n) is 5.53. The molecule has 0 aliphatic heterocycles. The topological polar surface area (TPSA) is 46.5 Å². The first kappa shape index (κ1) is 15.7. The minimum absolute atomic E-state index is 0.0387. The summed E-state index contributed by atoms with van der Waals surface area (Å²) in [7, 11) is 1.41. The molecular weight excluding hydrogens is 285 g/mol. The molecule has 0 heterocycles. The van der Waals surface area contributed by atoms with E-state index >= 15 is 0 Å². The zero-order valence-electron chi connectivity index (χ0n) is 11.8. The largest absolute Gasteiger partial charge is 0.496 e. The Labute approximate surface area is 120 Å². The molecule has 0 saturated heterocycles. The number of hydrogen-bond donors (Lipinski definition) is 1. The smallest absolute Gasteiger partial charge is 0.416 e. The van der Waals surface area contributed by atoms with Crippen LogP contribution in [0.3, 0.4) is 0 Å². The van der Waals surface area contributed by atoms with E-state index in [9.17, 15) is 18.0 Å². The van der Waals surface area contributed by atoms with Crippen LogP contribution in [0.25, 0.3) is 0 Å². The molecule has 1 aromatic rings. The van der Waals surface area contributed by atoms with Crippen molar-refractivity contribution in [3.8, 4) is 5.75 Å². The van der Waals surface area contributed by atoms with Crippen molar-refractivity contribution < 1.29 is 27.8 Å². The van der Waals surface area contributed by atoms with Crippen LogP contribution < -0.4 is 4.74 Å². The molecule has 116 valence electrons. The van der Waals surface area contributed by atoms with Gasteiger partial charge < -0.3 is 9.84 Å². The van der Waals surface area contributed by atoms with Crippen LogP contribution in [0.2, 0.25) is 0 Å². The van der Waals surface area contributed by atoms with Crippen molar-refractivity contribution in [2.24, 2.45) is 11.8 Å². The van der Waals surface area contributed by atoms with E-state index in [0.717, 1.165) is 12.1 Å². The number of carboxylic acid groups (broad SMARTS) is 1. The zero-order valence-corrected chi connectivity index (χ0v) is 11.8. The molecule has 0 amide bonds. The fourth-order valence-corrected chi connectivity index (χ4v) is 2.69. The highest BCUT2D eigenvalue weighted by molar-refractivity contribution is 5.73. The van der Waals surface area contributed by atoms with Crippen molar-refractivity contribution in [3.05, 3.63) is 29.3 Å². The van der Waals surface area contributed by atoms with E-state index in [0.29, 0.717) is 24.2 Å². The van der Waals surface area contributed by atoms with Crippen LogP contribution in [-0.4, -0.2) is 18.2 Å². The summed E-state index contributed by atoms with van der Waals surface area (Å²) in [6, 6.07) is 3.41. The van der Waals surface area contributed by atoms with Crippen molar-refractivity contribution >= 4 is 5.97 Å². The van der Waals surface area contributed by atoms with E-state index in [4.69, 9.17) is 9.84 Å². The minimum Gasteiger partial charge on any atom is -0.496 e. The lowest BCUT2D eigenvalue weighted by atomic mass is 9.92. The molecular formula is C15H17F3O3. The molecule has 1 N–H and O–H groups in total. The molecule has 1 saturated carbocycles. The summed E-state index contributed by atoms with van der Waals surface area (Å²) < 4.78 is 43.5. The number of benzene rings is 1. The third-order valence-corrected chi connectivity index (χ3v) is 3.98. The Hall–Kier alpha value is -1.72. The van der Waals surface area contributed by atoms with Crippen LogP contribution in [0.5, 0.6) is 5.75 Å². The maximum atomic E-state index is 12.8. The molecule has 1 aliphatic carbocycles. The standard InChI is InChI=1S/C15H17F3O3/c1-8(5-9-6-12(9)14(19)20)11-7-10(15(16,17)18)3-4-13(11)21-2/h3-4,7-9,12H,5-6H2,1-2H3,(H,19,20). The van der Waals surface area contributed by atoms with E-state index in [2.05, 4.69) is 0 Å². The average molecular weight is 302 g/mol. The third-order valence-electron chi connectivity index (χ3n) is 3.98. The number of rotatable bonds is 5. The van der Waals surface area contributed by atoms with Gasteiger partial charge in [-0.2, -0.15) is 13.2 Å². The monoisotopic (exact) mass is 302 g/mol. The first-order valence-electron chi connectivity index (χ1n) is 6.72. The molecule has 1 aromatic carbocycles. The average Bonchev–Trinajstić information content (AvgIpc) is 3.16. The molecule has 6 heteroatoms. The van der Waals surface area contributed by atoms with Gasteiger partial charge in [0.15, 0.2) is 0 Å². The van der Waals surface area contributed by atoms with Gasteiger partial charge in [0.25, 0.3) is 0 Å². The Kier molecular flexibility index (Phi) is 4.16. The summed E-state index contributed by atoms with van der Waals surface area (Å²) >= 11 is 0. The van der Waals surface area contributed by atoms with Crippen LogP contribution in [0.15, 0.2) is 18.2 Å². The van der Waals surface area contributed by atoms with Gasteiger partial charge in [-0.1, -0.05) is 6.92 Å². The van der Waals surface area contributed by atoms with E-state index in [1.807, 2.05) is 0 Å². The summed E-state index contributed by atoms with van der Waals surface area (Å²) in [5.74, 6) is -0.927. The SMILES string of the molecule is COc1ccc(C(F)(F)F)cc1C(C)CC1CC1C(=O)O. The molecule has 0 radical (unpaired) electrons. The predicted octanol–water partition coefficient (Wildman–Crippen LogP) is 3.93. The first-order valence-corrected chi connectivity index (χ1v) is 6.72. The number of methoxy groups -OCH3 is 1. The van der Waals surface area contributed by atoms with Gasteiger partial charge in [0.05, 0.1) is 18.6 Å². The number of alkyl halides is 3. The van der Waals surface area contributed by atoms with Gasteiger partial charge in [0, 0.05) is 0 Å². The maximum absolute atomic E-state index is 12.8. The second-order valence-corrected chi connectivity index (χ2v) is 5.53. The van der Waals surface area contributed by atoms with Crippen molar-refractivity contribution in [3.63, 3.8) is 0 Å². The number of aliphatic carboxylic acids is 1. The van der Waals surface area contributed by atoms with Crippen molar-refractivity contribution in [2.45, 2.75) is 31.9 Å². The third kappa shape index (κ3) is 3.49. The van der Waals surface area contributed by atoms with Crippen molar-refractivity contribution in [2.75, 3.05) is 7.11 Å². The highest BCUT2D eigenvalue weighted by Crippen LogP contribution is 2.46. The van der Waals surface area contributed by atoms with Crippen LogP contribution in [-0.2, 0) is 11.0 Å². The van der Waals surface area contributed by atoms with Gasteiger partial charge in [0.1, 0.15) is 5.75 Å². The Bertz CT molecular complexity index is 539. The van der Waals surface area contributed by atoms with Gasteiger partial charge in [-0.05, 0) is 48.4 Å². The summed E-state index contributed by atoms with van der Waals surface area (Å²) in [6.07, 6.45) is -3.25. The Morgan fingerprint density at radius 3 is 2.62 bits per heavy atom. The number of carbonyl (C=O) groups is 1. The summed E-state index contributed by atoms with van der Waals surface area (Å²) in [6.45, 7) is 1.80. The van der Waals surface area contributed by atoms with Gasteiger partial charge >= 0.3 is 12.1 Å². The van der Waals surface area contributed by atoms with E-state index in [-0.39, 0.29) is 17.8 Å². The quantitative estimate of drug-likeness (QED) is 0.896. The molecule has 2 rings (SSSR count). The lowest BCUT2D eigenvalue weighted by Gasteiger charge is -2.18. The predicted molar refractivity (Wildman–Crippen MR) is 70.3 cm³/mol. The molecule has 1 aliphatic rings. The molecule has 1 fully saturated rings. The Morgan fingerprint density at radius 2 is 2.14 bits per heavy atom. The molecule has 0 spiro atoms. The van der Waals surface area contributed by atoms with Gasteiger partial charge in [-0.3, -0.25) is 4.79 Å². The normalized spacial score (nSPS) is 22.7. The molecule has 21 heavy (non-hydrogen) atoms. The summed E-state index contributed by atoms with van der Waals surface area (Å²) in [5.41, 5.74) is -0.237. The fourth-order valence-electron chi connectivity index (χ4n) is 2.69.